The number of nitrogens with zero attached hydrogens (tertiary/aromatic N) is 2. The quantitative estimate of drug-likeness (QED) is 0.824. The largest absolute Gasteiger partial charge is 0.573 e. The standard InChI is InChI=1S/C20H24F3N3O3/c1-19(2,3)18(28)26-8-4-5-15(12-26)17(27)25-11-14-7-6-13(10-24)9-16(14)29-20(21,22)23/h6-7,9,15H,4-5,8,11-12H2,1-3H3,(H,25,27). The molecule has 1 fully saturated rings. The minimum absolute atomic E-state index is 0.0166. The van der Waals surface area contributed by atoms with Gasteiger partial charge in [0.25, 0.3) is 0 Å². The number of halogens is 3. The highest BCUT2D eigenvalue weighted by Crippen LogP contribution is 2.28. The zero-order chi connectivity index (χ0) is 21.8. The lowest BCUT2D eigenvalue weighted by Crippen LogP contribution is -2.48. The second kappa shape index (κ2) is 8.72. The van der Waals surface area contributed by atoms with Crippen LogP contribution in [-0.4, -0.2) is 36.2 Å². The van der Waals surface area contributed by atoms with Crippen molar-refractivity contribution in [3.8, 4) is 11.8 Å². The minimum Gasteiger partial charge on any atom is -0.405 e. The summed E-state index contributed by atoms with van der Waals surface area (Å²) in [5.74, 6) is -1.33. The molecule has 0 saturated carbocycles. The van der Waals surface area contributed by atoms with Gasteiger partial charge < -0.3 is 15.0 Å². The summed E-state index contributed by atoms with van der Waals surface area (Å²) in [6.45, 7) is 6.12. The van der Waals surface area contributed by atoms with Crippen molar-refractivity contribution in [2.75, 3.05) is 13.1 Å². The number of alkyl halides is 3. The lowest BCUT2D eigenvalue weighted by atomic mass is 9.91. The third-order valence-corrected chi connectivity index (χ3v) is 4.60. The van der Waals surface area contributed by atoms with Crippen LogP contribution >= 0.6 is 0 Å². The lowest BCUT2D eigenvalue weighted by molar-refractivity contribution is -0.274. The van der Waals surface area contributed by atoms with E-state index in [0.717, 1.165) is 6.07 Å². The van der Waals surface area contributed by atoms with Crippen molar-refractivity contribution in [2.24, 2.45) is 11.3 Å². The molecule has 29 heavy (non-hydrogen) atoms. The van der Waals surface area contributed by atoms with Gasteiger partial charge in [0.2, 0.25) is 11.8 Å². The van der Waals surface area contributed by atoms with Crippen LogP contribution in [0.2, 0.25) is 0 Å². The Bertz CT molecular complexity index is 810. The van der Waals surface area contributed by atoms with Crippen molar-refractivity contribution in [1.82, 2.24) is 10.2 Å². The van der Waals surface area contributed by atoms with E-state index in [2.05, 4.69) is 10.1 Å². The van der Waals surface area contributed by atoms with Gasteiger partial charge in [-0.2, -0.15) is 5.26 Å². The molecule has 1 aromatic rings. The van der Waals surface area contributed by atoms with Crippen LogP contribution in [0.3, 0.4) is 0 Å². The van der Waals surface area contributed by atoms with E-state index in [1.54, 1.807) is 11.0 Å². The van der Waals surface area contributed by atoms with Crippen LogP contribution in [0, 0.1) is 22.7 Å². The predicted molar refractivity (Wildman–Crippen MR) is 98.4 cm³/mol. The third-order valence-electron chi connectivity index (χ3n) is 4.60. The molecule has 1 aliphatic heterocycles. The lowest BCUT2D eigenvalue weighted by Gasteiger charge is -2.35. The van der Waals surface area contributed by atoms with E-state index in [1.807, 2.05) is 20.8 Å². The molecule has 1 aliphatic rings. The van der Waals surface area contributed by atoms with Gasteiger partial charge in [0.1, 0.15) is 5.75 Å². The molecule has 0 spiro atoms. The Balaban J connectivity index is 2.05. The number of likely N-dealkylation sites (tertiary alicyclic amines) is 1. The molecule has 1 saturated heterocycles. The van der Waals surface area contributed by atoms with Gasteiger partial charge in [-0.15, -0.1) is 13.2 Å². The van der Waals surface area contributed by atoms with Crippen LogP contribution in [-0.2, 0) is 16.1 Å². The summed E-state index contributed by atoms with van der Waals surface area (Å²) in [6, 6.07) is 5.41. The van der Waals surface area contributed by atoms with Crippen molar-refractivity contribution in [2.45, 2.75) is 46.5 Å². The number of nitriles is 1. The van der Waals surface area contributed by atoms with E-state index in [1.165, 1.54) is 12.1 Å². The molecule has 1 unspecified atom stereocenters. The van der Waals surface area contributed by atoms with E-state index < -0.39 is 23.4 Å². The highest BCUT2D eigenvalue weighted by atomic mass is 19.4. The predicted octanol–water partition coefficient (Wildman–Crippen LogP) is 3.36. The van der Waals surface area contributed by atoms with Crippen LogP contribution < -0.4 is 10.1 Å². The second-order valence-corrected chi connectivity index (χ2v) is 8.04. The van der Waals surface area contributed by atoms with Gasteiger partial charge in [-0.05, 0) is 25.0 Å². The number of ether oxygens (including phenoxy) is 1. The first kappa shape index (κ1) is 22.5. The summed E-state index contributed by atoms with van der Waals surface area (Å²) >= 11 is 0. The van der Waals surface area contributed by atoms with Gasteiger partial charge in [-0.25, -0.2) is 0 Å². The first-order valence-electron chi connectivity index (χ1n) is 9.26. The first-order chi connectivity index (χ1) is 13.4. The molecule has 9 heteroatoms. The van der Waals surface area contributed by atoms with E-state index in [0.29, 0.717) is 19.4 Å². The monoisotopic (exact) mass is 411 g/mol. The maximum Gasteiger partial charge on any atom is 0.573 e. The third kappa shape index (κ3) is 6.38. The molecule has 0 radical (unpaired) electrons. The second-order valence-electron chi connectivity index (χ2n) is 8.04. The van der Waals surface area contributed by atoms with Gasteiger partial charge in [-0.3, -0.25) is 9.59 Å². The number of nitrogens with one attached hydrogen (secondary N) is 1. The molecule has 1 atom stereocenters. The maximum absolute atomic E-state index is 12.6. The van der Waals surface area contributed by atoms with Crippen molar-refractivity contribution in [3.63, 3.8) is 0 Å². The molecule has 0 bridgehead atoms. The van der Waals surface area contributed by atoms with E-state index >= 15 is 0 Å². The SMILES string of the molecule is CC(C)(C)C(=O)N1CCCC(C(=O)NCc2ccc(C#N)cc2OC(F)(F)F)C1. The van der Waals surface area contributed by atoms with Gasteiger partial charge >= 0.3 is 6.36 Å². The van der Waals surface area contributed by atoms with Gasteiger partial charge in [0.05, 0.1) is 17.6 Å². The molecule has 2 amide bonds. The molecule has 158 valence electrons. The number of hydrogen-bond donors (Lipinski definition) is 1. The average molecular weight is 411 g/mol. The van der Waals surface area contributed by atoms with Crippen LogP contribution in [0.1, 0.15) is 44.7 Å². The van der Waals surface area contributed by atoms with Crippen LogP contribution in [0.5, 0.6) is 5.75 Å². The van der Waals surface area contributed by atoms with Crippen LogP contribution in [0.25, 0.3) is 0 Å². The smallest absolute Gasteiger partial charge is 0.405 e. The number of rotatable bonds is 4. The molecule has 1 N–H and O–H groups in total. The molecule has 1 aromatic carbocycles. The van der Waals surface area contributed by atoms with E-state index in [-0.39, 0.29) is 36.0 Å². The average Bonchev–Trinajstić information content (AvgIpc) is 2.64. The summed E-state index contributed by atoms with van der Waals surface area (Å²) in [5.41, 5.74) is -0.430. The minimum atomic E-state index is -4.91. The molecular weight excluding hydrogens is 387 g/mol. The fourth-order valence-electron chi connectivity index (χ4n) is 3.17. The first-order valence-corrected chi connectivity index (χ1v) is 9.26. The molecule has 2 rings (SSSR count). The molecule has 6 nitrogen and oxygen atoms in total. The number of carbonyl (C=O) groups excluding carboxylic acids is 2. The van der Waals surface area contributed by atoms with Gasteiger partial charge in [0, 0.05) is 30.6 Å². The van der Waals surface area contributed by atoms with Crippen molar-refractivity contribution < 1.29 is 27.5 Å². The molecular formula is C20H24F3N3O3. The summed E-state index contributed by atoms with van der Waals surface area (Å²) in [5, 5.41) is 11.5. The Morgan fingerprint density at radius 1 is 1.31 bits per heavy atom. The van der Waals surface area contributed by atoms with E-state index in [9.17, 15) is 22.8 Å². The zero-order valence-electron chi connectivity index (χ0n) is 16.6. The van der Waals surface area contributed by atoms with Gasteiger partial charge in [0.15, 0.2) is 0 Å². The van der Waals surface area contributed by atoms with Crippen molar-refractivity contribution >= 4 is 11.8 Å². The topological polar surface area (TPSA) is 82.4 Å². The number of carbonyl (C=O) groups is 2. The van der Waals surface area contributed by atoms with Crippen LogP contribution in [0.15, 0.2) is 18.2 Å². The number of hydrogen-bond acceptors (Lipinski definition) is 4. The highest BCUT2D eigenvalue weighted by molar-refractivity contribution is 5.84. The Labute approximate surface area is 167 Å². The Hall–Kier alpha value is -2.76. The molecule has 0 aliphatic carbocycles. The Morgan fingerprint density at radius 3 is 2.59 bits per heavy atom. The molecule has 1 heterocycles. The summed E-state index contributed by atoms with van der Waals surface area (Å²) in [7, 11) is 0. The normalized spacial score (nSPS) is 17.4. The highest BCUT2D eigenvalue weighted by Gasteiger charge is 2.34. The maximum atomic E-state index is 12.6. The molecule has 0 aromatic heterocycles. The zero-order valence-corrected chi connectivity index (χ0v) is 16.6. The van der Waals surface area contributed by atoms with Crippen molar-refractivity contribution in [1.29, 1.82) is 5.26 Å². The fraction of sp³-hybridized carbons (Fsp3) is 0.550. The van der Waals surface area contributed by atoms with Crippen LogP contribution in [0.4, 0.5) is 13.2 Å². The Kier molecular flexibility index (Phi) is 6.77. The number of piperidine rings is 1. The fourth-order valence-corrected chi connectivity index (χ4v) is 3.17. The number of benzene rings is 1. The summed E-state index contributed by atoms with van der Waals surface area (Å²) < 4.78 is 41.9. The van der Waals surface area contributed by atoms with E-state index in [4.69, 9.17) is 5.26 Å². The summed E-state index contributed by atoms with van der Waals surface area (Å²) in [4.78, 5) is 26.7. The Morgan fingerprint density at radius 2 is 2.00 bits per heavy atom. The number of amides is 2. The summed E-state index contributed by atoms with van der Waals surface area (Å²) in [6.07, 6.45) is -3.64. The van der Waals surface area contributed by atoms with Crippen molar-refractivity contribution in [3.05, 3.63) is 29.3 Å². The van der Waals surface area contributed by atoms with Gasteiger partial charge in [-0.1, -0.05) is 26.8 Å².